The van der Waals surface area contributed by atoms with E-state index in [2.05, 4.69) is 9.72 Å². The topological polar surface area (TPSA) is 65.2 Å². The van der Waals surface area contributed by atoms with E-state index in [1.165, 1.54) is 0 Å². The van der Waals surface area contributed by atoms with E-state index in [4.69, 9.17) is 5.73 Å². The molecule has 0 saturated heterocycles. The van der Waals surface area contributed by atoms with Crippen LogP contribution in [0.3, 0.4) is 0 Å². The molecule has 4 nitrogen and oxygen atoms in total. The van der Waals surface area contributed by atoms with Crippen molar-refractivity contribution in [3.05, 3.63) is 23.5 Å². The fourth-order valence-corrected chi connectivity index (χ4v) is 0.940. The fraction of sp³-hybridized carbons (Fsp3) is 0.250. The van der Waals surface area contributed by atoms with Crippen LogP contribution in [0.2, 0.25) is 0 Å². The van der Waals surface area contributed by atoms with Crippen molar-refractivity contribution >= 4 is 5.91 Å². The Bertz CT molecular complexity index is 390. The van der Waals surface area contributed by atoms with E-state index in [9.17, 15) is 18.0 Å². The van der Waals surface area contributed by atoms with E-state index in [0.29, 0.717) is 12.3 Å². The van der Waals surface area contributed by atoms with E-state index in [0.717, 1.165) is 7.11 Å². The number of carbonyl (C=O) groups excluding carboxylic acids is 1. The fourth-order valence-electron chi connectivity index (χ4n) is 0.940. The van der Waals surface area contributed by atoms with Gasteiger partial charge in [-0.2, -0.15) is 13.2 Å². The molecular weight excluding hydrogens is 213 g/mol. The largest absolute Gasteiger partial charge is 0.494 e. The number of carbonyl (C=O) groups is 1. The summed E-state index contributed by atoms with van der Waals surface area (Å²) in [5, 5.41) is 0. The summed E-state index contributed by atoms with van der Waals surface area (Å²) in [7, 11) is 1.13. The molecule has 0 aromatic carbocycles. The van der Waals surface area contributed by atoms with Gasteiger partial charge in [-0.05, 0) is 6.07 Å². The molecule has 2 N–H and O–H groups in total. The number of alkyl halides is 3. The van der Waals surface area contributed by atoms with Crippen LogP contribution in [0.15, 0.2) is 12.3 Å². The van der Waals surface area contributed by atoms with E-state index >= 15 is 0 Å². The van der Waals surface area contributed by atoms with Gasteiger partial charge in [-0.25, -0.2) is 4.98 Å². The second kappa shape index (κ2) is 3.76. The van der Waals surface area contributed by atoms with Gasteiger partial charge in [-0.1, -0.05) is 0 Å². The number of pyridine rings is 1. The third kappa shape index (κ3) is 2.36. The molecule has 7 heteroatoms. The van der Waals surface area contributed by atoms with Gasteiger partial charge < -0.3 is 10.5 Å². The van der Waals surface area contributed by atoms with Crippen molar-refractivity contribution in [2.75, 3.05) is 7.11 Å². The zero-order valence-electron chi connectivity index (χ0n) is 7.63. The summed E-state index contributed by atoms with van der Waals surface area (Å²) in [6, 6.07) is 0.674. The summed E-state index contributed by atoms with van der Waals surface area (Å²) in [4.78, 5) is 14.0. The Hall–Kier alpha value is -1.79. The molecule has 0 saturated carbocycles. The van der Waals surface area contributed by atoms with E-state index in [1.807, 2.05) is 0 Å². The minimum absolute atomic E-state index is 0.294. The Morgan fingerprint density at radius 2 is 2.13 bits per heavy atom. The number of hydrogen-bond acceptors (Lipinski definition) is 3. The number of primary amides is 1. The highest BCUT2D eigenvalue weighted by molar-refractivity contribution is 5.93. The maximum absolute atomic E-state index is 12.2. The molecule has 1 aromatic rings. The highest BCUT2D eigenvalue weighted by Crippen LogP contribution is 2.31. The molecule has 0 aliphatic heterocycles. The third-order valence-electron chi connectivity index (χ3n) is 1.63. The number of aromatic nitrogens is 1. The molecule has 0 fully saturated rings. The minimum atomic E-state index is -4.53. The number of rotatable bonds is 2. The molecule has 0 aliphatic carbocycles. The summed E-state index contributed by atoms with van der Waals surface area (Å²) in [5.41, 5.74) is 3.56. The van der Waals surface area contributed by atoms with Crippen molar-refractivity contribution in [2.24, 2.45) is 5.73 Å². The van der Waals surface area contributed by atoms with Crippen molar-refractivity contribution in [3.63, 3.8) is 0 Å². The summed E-state index contributed by atoms with van der Waals surface area (Å²) in [5.74, 6) is -1.24. The quantitative estimate of drug-likeness (QED) is 0.814. The second-order valence-corrected chi connectivity index (χ2v) is 2.64. The van der Waals surface area contributed by atoms with Gasteiger partial charge in [0.2, 0.25) is 0 Å². The monoisotopic (exact) mass is 220 g/mol. The molecule has 0 radical (unpaired) electrons. The standard InChI is InChI=1S/C8H7F3N2O2/c1-15-5-2-4(8(9,10)11)3-13-6(5)7(12)14/h2-3H,1H3,(H2,12,14). The Labute approximate surface area is 82.9 Å². The normalized spacial score (nSPS) is 11.2. The van der Waals surface area contributed by atoms with E-state index < -0.39 is 17.6 Å². The lowest BCUT2D eigenvalue weighted by Crippen LogP contribution is -2.16. The van der Waals surface area contributed by atoms with Crippen molar-refractivity contribution in [2.45, 2.75) is 6.18 Å². The zero-order valence-corrected chi connectivity index (χ0v) is 7.63. The van der Waals surface area contributed by atoms with Crippen LogP contribution < -0.4 is 10.5 Å². The number of hydrogen-bond donors (Lipinski definition) is 1. The Kier molecular flexibility index (Phi) is 2.83. The lowest BCUT2D eigenvalue weighted by atomic mass is 10.2. The molecule has 1 aromatic heterocycles. The van der Waals surface area contributed by atoms with Crippen LogP contribution in [0.4, 0.5) is 13.2 Å². The van der Waals surface area contributed by atoms with Crippen molar-refractivity contribution in [3.8, 4) is 5.75 Å². The van der Waals surface area contributed by atoms with Crippen LogP contribution in [-0.4, -0.2) is 18.0 Å². The lowest BCUT2D eigenvalue weighted by molar-refractivity contribution is -0.137. The Morgan fingerprint density at radius 3 is 2.53 bits per heavy atom. The van der Waals surface area contributed by atoms with Crippen LogP contribution in [0.25, 0.3) is 0 Å². The number of methoxy groups -OCH3 is 1. The van der Waals surface area contributed by atoms with Crippen LogP contribution >= 0.6 is 0 Å². The SMILES string of the molecule is COc1cc(C(F)(F)F)cnc1C(N)=O. The lowest BCUT2D eigenvalue weighted by Gasteiger charge is -2.09. The molecular formula is C8H7F3N2O2. The number of amides is 1. The first kappa shape index (κ1) is 11.3. The van der Waals surface area contributed by atoms with Gasteiger partial charge in [-0.15, -0.1) is 0 Å². The minimum Gasteiger partial charge on any atom is -0.494 e. The average Bonchev–Trinajstić information content (AvgIpc) is 2.15. The van der Waals surface area contributed by atoms with Gasteiger partial charge in [0.05, 0.1) is 12.7 Å². The Balaban J connectivity index is 3.25. The smallest absolute Gasteiger partial charge is 0.418 e. The van der Waals surface area contributed by atoms with Crippen LogP contribution in [0.1, 0.15) is 16.1 Å². The highest BCUT2D eigenvalue weighted by Gasteiger charge is 2.32. The summed E-state index contributed by atoms with van der Waals surface area (Å²) in [6.45, 7) is 0. The number of nitrogens with zero attached hydrogens (tertiary/aromatic N) is 1. The maximum Gasteiger partial charge on any atom is 0.418 e. The highest BCUT2D eigenvalue weighted by atomic mass is 19.4. The van der Waals surface area contributed by atoms with Gasteiger partial charge in [0, 0.05) is 6.20 Å². The summed E-state index contributed by atoms with van der Waals surface area (Å²) in [6.07, 6.45) is -4.00. The molecule has 0 unspecified atom stereocenters. The molecule has 1 heterocycles. The van der Waals surface area contributed by atoms with E-state index in [1.54, 1.807) is 0 Å². The first-order chi connectivity index (χ1) is 6.86. The molecule has 82 valence electrons. The van der Waals surface area contributed by atoms with Gasteiger partial charge in [0.25, 0.3) is 5.91 Å². The molecule has 1 rings (SSSR count). The molecule has 0 spiro atoms. The summed E-state index contributed by atoms with van der Waals surface area (Å²) < 4.78 is 41.3. The van der Waals surface area contributed by atoms with Gasteiger partial charge >= 0.3 is 6.18 Å². The average molecular weight is 220 g/mol. The third-order valence-corrected chi connectivity index (χ3v) is 1.63. The first-order valence-corrected chi connectivity index (χ1v) is 3.77. The molecule has 1 amide bonds. The van der Waals surface area contributed by atoms with Gasteiger partial charge in [0.1, 0.15) is 0 Å². The summed E-state index contributed by atoms with van der Waals surface area (Å²) >= 11 is 0. The number of ether oxygens (including phenoxy) is 1. The maximum atomic E-state index is 12.2. The van der Waals surface area contributed by atoms with Crippen molar-refractivity contribution in [1.29, 1.82) is 0 Å². The molecule has 0 bridgehead atoms. The van der Waals surface area contributed by atoms with Crippen molar-refractivity contribution in [1.82, 2.24) is 4.98 Å². The predicted octanol–water partition coefficient (Wildman–Crippen LogP) is 1.21. The van der Waals surface area contributed by atoms with Gasteiger partial charge in [0.15, 0.2) is 11.4 Å². The second-order valence-electron chi connectivity index (χ2n) is 2.64. The number of halogens is 3. The van der Waals surface area contributed by atoms with Crippen LogP contribution in [0.5, 0.6) is 5.75 Å². The zero-order chi connectivity index (χ0) is 11.6. The van der Waals surface area contributed by atoms with Crippen LogP contribution in [0, 0.1) is 0 Å². The van der Waals surface area contributed by atoms with E-state index in [-0.39, 0.29) is 11.4 Å². The Morgan fingerprint density at radius 1 is 1.53 bits per heavy atom. The van der Waals surface area contributed by atoms with Gasteiger partial charge in [-0.3, -0.25) is 4.79 Å². The molecule has 15 heavy (non-hydrogen) atoms. The molecule has 0 aliphatic rings. The van der Waals surface area contributed by atoms with Crippen molar-refractivity contribution < 1.29 is 22.7 Å². The predicted molar refractivity (Wildman–Crippen MR) is 44.3 cm³/mol. The van der Waals surface area contributed by atoms with Crippen LogP contribution in [-0.2, 0) is 6.18 Å². The molecule has 0 atom stereocenters. The number of nitrogens with two attached hydrogens (primary N) is 1. The first-order valence-electron chi connectivity index (χ1n) is 3.77.